The first-order valence-electron chi connectivity index (χ1n) is 9.85. The molecule has 5 rings (SSSR count). The number of fused-ring (bicyclic) bond motifs is 3. The summed E-state index contributed by atoms with van der Waals surface area (Å²) in [6, 6.07) is 13.6. The Kier molecular flexibility index (Phi) is 4.74. The van der Waals surface area contributed by atoms with Crippen molar-refractivity contribution in [1.82, 2.24) is 0 Å². The molecule has 1 unspecified atom stereocenters. The molecule has 160 valence electrons. The van der Waals surface area contributed by atoms with Gasteiger partial charge in [0.25, 0.3) is 0 Å². The maximum atomic E-state index is 13.9. The van der Waals surface area contributed by atoms with Crippen molar-refractivity contribution in [2.75, 3.05) is 7.11 Å². The molecule has 3 aromatic carbocycles. The number of halogens is 2. The van der Waals surface area contributed by atoms with E-state index in [9.17, 15) is 18.4 Å². The number of methoxy groups -OCH3 is 1. The first kappa shape index (κ1) is 19.9. The van der Waals surface area contributed by atoms with Crippen molar-refractivity contribution in [2.45, 2.75) is 12.3 Å². The van der Waals surface area contributed by atoms with Gasteiger partial charge in [-0.25, -0.2) is 8.78 Å². The average molecular weight is 434 g/mol. The van der Waals surface area contributed by atoms with E-state index >= 15 is 0 Å². The van der Waals surface area contributed by atoms with E-state index in [1.54, 1.807) is 37.5 Å². The fraction of sp³-hybridized carbons (Fsp3) is 0.120. The Morgan fingerprint density at radius 1 is 0.969 bits per heavy atom. The third-order valence-corrected chi connectivity index (χ3v) is 5.54. The number of ketones is 1. The number of allylic oxidation sites excluding steroid dienone is 1. The van der Waals surface area contributed by atoms with Crippen LogP contribution in [0.5, 0.6) is 17.2 Å². The van der Waals surface area contributed by atoms with E-state index in [0.29, 0.717) is 22.4 Å². The van der Waals surface area contributed by atoms with Gasteiger partial charge in [0.2, 0.25) is 5.78 Å². The Morgan fingerprint density at radius 3 is 2.47 bits per heavy atom. The molecule has 0 bridgehead atoms. The molecule has 1 atom stereocenters. The van der Waals surface area contributed by atoms with Gasteiger partial charge in [-0.1, -0.05) is 18.2 Å². The normalized spacial score (nSPS) is 18.1. The van der Waals surface area contributed by atoms with Crippen LogP contribution in [0, 0.1) is 11.6 Å². The molecule has 0 amide bonds. The summed E-state index contributed by atoms with van der Waals surface area (Å²) in [5.74, 6) is -2.20. The van der Waals surface area contributed by atoms with Crippen LogP contribution < -0.4 is 14.2 Å². The van der Waals surface area contributed by atoms with Gasteiger partial charge in [0.05, 0.1) is 19.1 Å². The monoisotopic (exact) mass is 434 g/mol. The third-order valence-electron chi connectivity index (χ3n) is 5.54. The van der Waals surface area contributed by atoms with Crippen LogP contribution >= 0.6 is 0 Å². The molecule has 3 aromatic rings. The second-order valence-electron chi connectivity index (χ2n) is 7.47. The van der Waals surface area contributed by atoms with Gasteiger partial charge in [0.15, 0.2) is 17.4 Å². The van der Waals surface area contributed by atoms with Crippen LogP contribution in [0.4, 0.5) is 8.78 Å². The van der Waals surface area contributed by atoms with Gasteiger partial charge < -0.3 is 14.2 Å². The summed E-state index contributed by atoms with van der Waals surface area (Å²) < 4.78 is 43.8. The summed E-state index contributed by atoms with van der Waals surface area (Å²) in [6.45, 7) is 0. The van der Waals surface area contributed by atoms with Crippen molar-refractivity contribution in [2.24, 2.45) is 0 Å². The lowest BCUT2D eigenvalue weighted by Crippen LogP contribution is -2.21. The van der Waals surface area contributed by atoms with Crippen LogP contribution in [0.3, 0.4) is 0 Å². The minimum atomic E-state index is -1.02. The predicted molar refractivity (Wildman–Crippen MR) is 111 cm³/mol. The summed E-state index contributed by atoms with van der Waals surface area (Å²) in [5, 5.41) is 0. The molecular weight excluding hydrogens is 418 g/mol. The van der Waals surface area contributed by atoms with Gasteiger partial charge in [-0.15, -0.1) is 0 Å². The van der Waals surface area contributed by atoms with Gasteiger partial charge >= 0.3 is 5.97 Å². The van der Waals surface area contributed by atoms with Crippen molar-refractivity contribution in [3.05, 3.63) is 94.2 Å². The molecule has 0 radical (unpaired) electrons. The van der Waals surface area contributed by atoms with Gasteiger partial charge in [-0.2, -0.15) is 0 Å². The van der Waals surface area contributed by atoms with Gasteiger partial charge in [0, 0.05) is 11.5 Å². The van der Waals surface area contributed by atoms with Crippen molar-refractivity contribution < 1.29 is 32.6 Å². The Bertz CT molecular complexity index is 1290. The molecule has 0 aliphatic carbocycles. The molecular formula is C25H16F2O5. The molecule has 7 heteroatoms. The van der Waals surface area contributed by atoms with Crippen molar-refractivity contribution in [3.63, 3.8) is 0 Å². The summed E-state index contributed by atoms with van der Waals surface area (Å²) in [6.07, 6.45) is 1.51. The van der Waals surface area contributed by atoms with Crippen LogP contribution in [0.2, 0.25) is 0 Å². The van der Waals surface area contributed by atoms with Gasteiger partial charge in [-0.3, -0.25) is 9.59 Å². The van der Waals surface area contributed by atoms with E-state index in [1.165, 1.54) is 18.2 Å². The third kappa shape index (κ3) is 3.32. The Balaban J connectivity index is 1.58. The molecule has 2 aliphatic heterocycles. The number of esters is 1. The number of benzene rings is 3. The average Bonchev–Trinajstić information content (AvgIpc) is 3.10. The summed E-state index contributed by atoms with van der Waals surface area (Å²) >= 11 is 0. The SMILES string of the molecule is COc1ccc(/C=C2\Oc3c(ccc4c3C(c3ccc(F)c(F)c3)CC(=O)O4)C2=O)cc1. The standard InChI is InChI=1S/C25H16F2O5/c1-30-15-5-2-13(3-6-15)10-21-24(29)16-7-9-20-23(25(16)32-21)17(12-22(28)31-20)14-4-8-18(26)19(27)11-14/h2-11,17H,12H2,1H3/b21-10-. The van der Waals surface area contributed by atoms with Crippen molar-refractivity contribution in [3.8, 4) is 17.2 Å². The zero-order valence-electron chi connectivity index (χ0n) is 16.9. The molecule has 32 heavy (non-hydrogen) atoms. The van der Waals surface area contributed by atoms with Crippen LogP contribution in [-0.4, -0.2) is 18.9 Å². The molecule has 2 aliphatic rings. The first-order valence-corrected chi connectivity index (χ1v) is 9.85. The van der Waals surface area contributed by atoms with E-state index in [0.717, 1.165) is 17.7 Å². The molecule has 2 heterocycles. The van der Waals surface area contributed by atoms with Crippen LogP contribution in [0.1, 0.15) is 39.4 Å². The zero-order chi connectivity index (χ0) is 22.4. The minimum Gasteiger partial charge on any atom is -0.497 e. The molecule has 5 nitrogen and oxygen atoms in total. The molecule has 0 saturated carbocycles. The minimum absolute atomic E-state index is 0.0936. The Hall–Kier alpha value is -4.00. The van der Waals surface area contributed by atoms with E-state index in [4.69, 9.17) is 14.2 Å². The largest absolute Gasteiger partial charge is 0.497 e. The fourth-order valence-electron chi connectivity index (χ4n) is 3.97. The van der Waals surface area contributed by atoms with Gasteiger partial charge in [0.1, 0.15) is 17.2 Å². The van der Waals surface area contributed by atoms with E-state index in [-0.39, 0.29) is 29.5 Å². The van der Waals surface area contributed by atoms with E-state index in [2.05, 4.69) is 0 Å². The number of hydrogen-bond acceptors (Lipinski definition) is 5. The molecule has 0 N–H and O–H groups in total. The van der Waals surface area contributed by atoms with Gasteiger partial charge in [-0.05, 0) is 53.6 Å². The second kappa shape index (κ2) is 7.60. The summed E-state index contributed by atoms with van der Waals surface area (Å²) in [7, 11) is 1.56. The lowest BCUT2D eigenvalue weighted by atomic mass is 9.84. The number of carbonyl (C=O) groups excluding carboxylic acids is 2. The topological polar surface area (TPSA) is 61.8 Å². The van der Waals surface area contributed by atoms with Crippen LogP contribution in [0.15, 0.2) is 60.4 Å². The molecule has 0 aromatic heterocycles. The predicted octanol–water partition coefficient (Wildman–Crippen LogP) is 5.03. The molecule has 0 fully saturated rings. The number of carbonyl (C=O) groups is 2. The van der Waals surface area contributed by atoms with E-state index in [1.807, 2.05) is 0 Å². The molecule has 0 saturated heterocycles. The van der Waals surface area contributed by atoms with Crippen molar-refractivity contribution in [1.29, 1.82) is 0 Å². The highest BCUT2D eigenvalue weighted by Crippen LogP contribution is 2.49. The molecule has 0 spiro atoms. The highest BCUT2D eigenvalue weighted by atomic mass is 19.2. The summed E-state index contributed by atoms with van der Waals surface area (Å²) in [5.41, 5.74) is 1.90. The number of ether oxygens (including phenoxy) is 3. The van der Waals surface area contributed by atoms with E-state index < -0.39 is 23.5 Å². The Morgan fingerprint density at radius 2 is 1.75 bits per heavy atom. The smallest absolute Gasteiger partial charge is 0.312 e. The lowest BCUT2D eigenvalue weighted by Gasteiger charge is -2.26. The fourth-order valence-corrected chi connectivity index (χ4v) is 3.97. The highest BCUT2D eigenvalue weighted by molar-refractivity contribution is 6.15. The van der Waals surface area contributed by atoms with Crippen LogP contribution in [0.25, 0.3) is 6.08 Å². The summed E-state index contributed by atoms with van der Waals surface area (Å²) in [4.78, 5) is 25.1. The zero-order valence-corrected chi connectivity index (χ0v) is 16.9. The number of rotatable bonds is 3. The van der Waals surface area contributed by atoms with Crippen LogP contribution in [-0.2, 0) is 4.79 Å². The van der Waals surface area contributed by atoms with Crippen molar-refractivity contribution >= 4 is 17.8 Å². The Labute approximate surface area is 181 Å². The maximum Gasteiger partial charge on any atom is 0.312 e. The number of Topliss-reactive ketones (excluding diaryl/α,β-unsaturated/α-hetero) is 1. The maximum absolute atomic E-state index is 13.9. The first-order chi connectivity index (χ1) is 15.4. The lowest BCUT2D eigenvalue weighted by molar-refractivity contribution is -0.135. The number of hydrogen-bond donors (Lipinski definition) is 0. The quantitative estimate of drug-likeness (QED) is 0.329. The second-order valence-corrected chi connectivity index (χ2v) is 7.47. The highest BCUT2D eigenvalue weighted by Gasteiger charge is 2.38.